The Labute approximate surface area is 256 Å². The van der Waals surface area contributed by atoms with Gasteiger partial charge >= 0.3 is 0 Å². The summed E-state index contributed by atoms with van der Waals surface area (Å²) in [4.78, 5) is 32.0. The van der Waals surface area contributed by atoms with Crippen LogP contribution in [0.4, 0.5) is 16.1 Å². The minimum atomic E-state index is -0.202. The Hall–Kier alpha value is -4.32. The van der Waals surface area contributed by atoms with Crippen molar-refractivity contribution in [3.63, 3.8) is 0 Å². The first-order chi connectivity index (χ1) is 20.9. The van der Waals surface area contributed by atoms with Crippen molar-refractivity contribution in [1.29, 1.82) is 5.26 Å². The van der Waals surface area contributed by atoms with Gasteiger partial charge in [0.1, 0.15) is 15.8 Å². The zero-order valence-corrected chi connectivity index (χ0v) is 24.9. The smallest absolute Gasteiger partial charge is 0.232 e. The molecular formula is C29H30N10O2S2. The van der Waals surface area contributed by atoms with Crippen molar-refractivity contribution in [3.8, 4) is 6.07 Å². The first-order valence-electron chi connectivity index (χ1n) is 14.1. The minimum Gasteiger partial charge on any atom is -0.353 e. The highest BCUT2D eigenvalue weighted by Gasteiger charge is 2.30. The Bertz CT molecular complexity index is 1660. The molecule has 4 aromatic rings. The van der Waals surface area contributed by atoms with Gasteiger partial charge in [-0.2, -0.15) is 5.26 Å². The van der Waals surface area contributed by atoms with Crippen LogP contribution in [-0.4, -0.2) is 56.3 Å². The maximum absolute atomic E-state index is 12.7. The Balaban J connectivity index is 1.01. The second kappa shape index (κ2) is 12.9. The number of carbonyl (C=O) groups is 2. The molecule has 14 heteroatoms. The summed E-state index contributed by atoms with van der Waals surface area (Å²) in [6.45, 7) is 1.55. The molecule has 220 valence electrons. The lowest BCUT2D eigenvalue weighted by molar-refractivity contribution is -0.116. The molecule has 0 bridgehead atoms. The number of benzene rings is 1. The van der Waals surface area contributed by atoms with Crippen LogP contribution in [-0.2, 0) is 22.4 Å². The summed E-state index contributed by atoms with van der Waals surface area (Å²) < 4.78 is 0. The fourth-order valence-corrected chi connectivity index (χ4v) is 7.22. The third kappa shape index (κ3) is 7.19. The van der Waals surface area contributed by atoms with E-state index in [9.17, 15) is 9.59 Å². The zero-order valence-electron chi connectivity index (χ0n) is 23.3. The van der Waals surface area contributed by atoms with Gasteiger partial charge in [0.15, 0.2) is 0 Å². The van der Waals surface area contributed by atoms with Gasteiger partial charge in [-0.1, -0.05) is 47.3 Å². The molecule has 1 aliphatic heterocycles. The van der Waals surface area contributed by atoms with E-state index in [0.29, 0.717) is 21.5 Å². The molecule has 0 unspecified atom stereocenters. The van der Waals surface area contributed by atoms with E-state index in [2.05, 4.69) is 47.0 Å². The van der Waals surface area contributed by atoms with Gasteiger partial charge in [-0.25, -0.2) is 4.98 Å². The molecule has 43 heavy (non-hydrogen) atoms. The quantitative estimate of drug-likeness (QED) is 0.252. The van der Waals surface area contributed by atoms with E-state index in [4.69, 9.17) is 11.0 Å². The topological polar surface area (TPSA) is 176 Å². The van der Waals surface area contributed by atoms with Crippen molar-refractivity contribution in [1.82, 2.24) is 25.4 Å². The van der Waals surface area contributed by atoms with Gasteiger partial charge in [0, 0.05) is 31.0 Å². The number of hydrogen-bond acceptors (Lipinski definition) is 12. The highest BCUT2D eigenvalue weighted by molar-refractivity contribution is 7.15. The molecule has 1 aromatic carbocycles. The van der Waals surface area contributed by atoms with Crippen molar-refractivity contribution in [2.45, 2.75) is 56.4 Å². The van der Waals surface area contributed by atoms with Gasteiger partial charge in [0.25, 0.3) is 0 Å². The van der Waals surface area contributed by atoms with Crippen molar-refractivity contribution in [2.75, 3.05) is 28.6 Å². The fraction of sp³-hybridized carbons (Fsp3) is 0.379. The molecule has 4 heterocycles. The number of rotatable bonds is 9. The second-order valence-corrected chi connectivity index (χ2v) is 12.9. The van der Waals surface area contributed by atoms with Gasteiger partial charge in [-0.3, -0.25) is 9.59 Å². The Kier molecular flexibility index (Phi) is 8.64. The van der Waals surface area contributed by atoms with E-state index < -0.39 is 0 Å². The van der Waals surface area contributed by atoms with Gasteiger partial charge in [0.2, 0.25) is 22.1 Å². The van der Waals surface area contributed by atoms with E-state index in [1.165, 1.54) is 22.7 Å². The molecule has 2 atom stereocenters. The number of hydrogen-bond donors (Lipinski definition) is 3. The van der Waals surface area contributed by atoms with Crippen LogP contribution < -0.4 is 21.3 Å². The number of aromatic nitrogens is 5. The van der Waals surface area contributed by atoms with E-state index >= 15 is 0 Å². The Morgan fingerprint density at radius 1 is 0.930 bits per heavy atom. The molecule has 2 aliphatic rings. The standard InChI is InChI=1S/C29H30N10O2S2/c30-14-18-5-1-4-17(10-18)11-24(40)33-28-37-35-26(42-28)19-6-2-7-20(12-19)27-36-38-29(43-27)34-25(41)13-22-8-3-9-23(32-22)39-15-21(31)16-39/h1,3-5,8-10,19-21H,2,6-7,11-13,15-16,31H2,(H,33,37,40)(H,34,38,41)/t19-,20-/m0/s1. The van der Waals surface area contributed by atoms with Crippen molar-refractivity contribution < 1.29 is 9.59 Å². The number of nitriles is 1. The second-order valence-electron chi connectivity index (χ2n) is 10.9. The molecular weight excluding hydrogens is 585 g/mol. The van der Waals surface area contributed by atoms with Crippen LogP contribution >= 0.6 is 22.7 Å². The lowest BCUT2D eigenvalue weighted by Crippen LogP contribution is -2.56. The molecule has 2 amide bonds. The van der Waals surface area contributed by atoms with Crippen LogP contribution in [0.2, 0.25) is 0 Å². The minimum absolute atomic E-state index is 0.149. The third-order valence-electron chi connectivity index (χ3n) is 7.53. The molecule has 12 nitrogen and oxygen atoms in total. The summed E-state index contributed by atoms with van der Waals surface area (Å²) in [6.07, 6.45) is 4.14. The summed E-state index contributed by atoms with van der Waals surface area (Å²) in [7, 11) is 0. The summed E-state index contributed by atoms with van der Waals surface area (Å²) in [5.74, 6) is 0.861. The molecule has 1 saturated carbocycles. The number of carbonyl (C=O) groups excluding carboxylic acids is 2. The van der Waals surface area contributed by atoms with E-state index in [1.54, 1.807) is 18.2 Å². The van der Waals surface area contributed by atoms with Crippen molar-refractivity contribution in [3.05, 3.63) is 69.3 Å². The average molecular weight is 615 g/mol. The first-order valence-corrected chi connectivity index (χ1v) is 15.8. The van der Waals surface area contributed by atoms with Crippen LogP contribution in [0.3, 0.4) is 0 Å². The summed E-state index contributed by atoms with van der Waals surface area (Å²) in [6, 6.07) is 14.9. The number of nitrogens with two attached hydrogens (primary N) is 1. The van der Waals surface area contributed by atoms with Crippen LogP contribution in [0.1, 0.15) is 64.4 Å². The largest absolute Gasteiger partial charge is 0.353 e. The average Bonchev–Trinajstić information content (AvgIpc) is 3.65. The zero-order chi connectivity index (χ0) is 29.8. The molecule has 1 aliphatic carbocycles. The lowest BCUT2D eigenvalue weighted by atomic mass is 9.82. The van der Waals surface area contributed by atoms with Crippen LogP contribution in [0.25, 0.3) is 0 Å². The molecule has 4 N–H and O–H groups in total. The van der Waals surface area contributed by atoms with Crippen LogP contribution in [0, 0.1) is 11.3 Å². The Morgan fingerprint density at radius 2 is 1.58 bits per heavy atom. The highest BCUT2D eigenvalue weighted by Crippen LogP contribution is 2.43. The summed E-state index contributed by atoms with van der Waals surface area (Å²) in [5.41, 5.74) is 7.86. The first kappa shape index (κ1) is 28.8. The molecule has 0 radical (unpaired) electrons. The molecule has 1 saturated heterocycles. The molecule has 6 rings (SSSR count). The van der Waals surface area contributed by atoms with Crippen LogP contribution in [0.15, 0.2) is 42.5 Å². The normalized spacial score (nSPS) is 18.5. The molecule has 2 fully saturated rings. The van der Waals surface area contributed by atoms with E-state index in [0.717, 1.165) is 60.2 Å². The van der Waals surface area contributed by atoms with E-state index in [1.807, 2.05) is 24.3 Å². The fourth-order valence-electron chi connectivity index (χ4n) is 5.41. The van der Waals surface area contributed by atoms with Gasteiger partial charge in [-0.15, -0.1) is 20.4 Å². The maximum Gasteiger partial charge on any atom is 0.232 e. The molecule has 0 spiro atoms. The SMILES string of the molecule is N#Cc1cccc(CC(=O)Nc2nnc([C@H]3CCC[C@H](c4nnc(NC(=O)Cc5cccc(N6CC(N)C6)n5)s4)C3)s2)c1. The molecule has 3 aromatic heterocycles. The number of nitrogens with zero attached hydrogens (tertiary/aromatic N) is 7. The van der Waals surface area contributed by atoms with E-state index in [-0.39, 0.29) is 42.5 Å². The third-order valence-corrected chi connectivity index (χ3v) is 9.54. The summed E-state index contributed by atoms with van der Waals surface area (Å²) >= 11 is 2.80. The predicted molar refractivity (Wildman–Crippen MR) is 164 cm³/mol. The number of amides is 2. The van der Waals surface area contributed by atoms with Gasteiger partial charge in [-0.05, 0) is 49.1 Å². The highest BCUT2D eigenvalue weighted by atomic mass is 32.1. The van der Waals surface area contributed by atoms with Crippen molar-refractivity contribution >= 4 is 50.6 Å². The number of anilines is 3. The summed E-state index contributed by atoms with van der Waals surface area (Å²) in [5, 5.41) is 34.7. The van der Waals surface area contributed by atoms with Crippen LogP contribution in [0.5, 0.6) is 0 Å². The van der Waals surface area contributed by atoms with Gasteiger partial charge in [0.05, 0.1) is 30.2 Å². The monoisotopic (exact) mass is 614 g/mol. The predicted octanol–water partition coefficient (Wildman–Crippen LogP) is 3.61. The van der Waals surface area contributed by atoms with Crippen molar-refractivity contribution in [2.24, 2.45) is 5.73 Å². The Morgan fingerprint density at radius 3 is 2.23 bits per heavy atom. The maximum atomic E-state index is 12.7. The van der Waals surface area contributed by atoms with Gasteiger partial charge < -0.3 is 21.3 Å². The lowest BCUT2D eigenvalue weighted by Gasteiger charge is -2.37. The number of pyridine rings is 1. The number of nitrogens with one attached hydrogen (secondary N) is 2.